The van der Waals surface area contributed by atoms with Crippen molar-refractivity contribution in [3.05, 3.63) is 70.8 Å². The van der Waals surface area contributed by atoms with Gasteiger partial charge in [-0.15, -0.1) is 0 Å². The summed E-state index contributed by atoms with van der Waals surface area (Å²) in [5, 5.41) is 9.57. The molecule has 2 aromatic carbocycles. The fourth-order valence-corrected chi connectivity index (χ4v) is 4.58. The zero-order valence-electron chi connectivity index (χ0n) is 18.7. The van der Waals surface area contributed by atoms with Crippen LogP contribution in [0.4, 0.5) is 0 Å². The largest absolute Gasteiger partial charge is 0.463 e. The molecular weight excluding hydrogens is 414 g/mol. The summed E-state index contributed by atoms with van der Waals surface area (Å²) < 4.78 is 33.1. The van der Waals surface area contributed by atoms with Crippen LogP contribution in [0.3, 0.4) is 0 Å². The van der Waals surface area contributed by atoms with Crippen LogP contribution in [0.25, 0.3) is 5.57 Å². The van der Waals surface area contributed by atoms with Crippen molar-refractivity contribution in [3.8, 4) is 0 Å². The maximum Gasteiger partial charge on any atom is 0.334 e. The zero-order valence-corrected chi connectivity index (χ0v) is 19.5. The van der Waals surface area contributed by atoms with Crippen LogP contribution < -0.4 is 4.72 Å². The molecule has 31 heavy (non-hydrogen) atoms. The highest BCUT2D eigenvalue weighted by Gasteiger charge is 2.23. The number of hydrogen-bond acceptors (Lipinski definition) is 5. The number of hydrogen-bond donors (Lipinski definition) is 2. The van der Waals surface area contributed by atoms with Gasteiger partial charge in [0.15, 0.2) is 0 Å². The van der Waals surface area contributed by atoms with Gasteiger partial charge >= 0.3 is 5.97 Å². The lowest BCUT2D eigenvalue weighted by Crippen LogP contribution is -2.40. The van der Waals surface area contributed by atoms with Crippen molar-refractivity contribution in [2.45, 2.75) is 51.5 Å². The number of aliphatic hydroxyl groups is 1. The molecule has 0 unspecified atom stereocenters. The normalized spacial score (nSPS) is 13.0. The number of rotatable bonds is 8. The van der Waals surface area contributed by atoms with Crippen molar-refractivity contribution in [2.75, 3.05) is 13.2 Å². The highest BCUT2D eigenvalue weighted by atomic mass is 32.2. The molecule has 0 bridgehead atoms. The first-order valence-electron chi connectivity index (χ1n) is 10.2. The summed E-state index contributed by atoms with van der Waals surface area (Å²) in [4.78, 5) is 12.8. The molecule has 0 saturated carbocycles. The van der Waals surface area contributed by atoms with Crippen molar-refractivity contribution >= 4 is 21.6 Å². The first-order valence-corrected chi connectivity index (χ1v) is 11.7. The zero-order chi connectivity index (χ0) is 23.2. The molecule has 0 aromatic heterocycles. The Morgan fingerprint density at radius 1 is 1.00 bits per heavy atom. The molecule has 0 aliphatic rings. The lowest BCUT2D eigenvalue weighted by molar-refractivity contribution is -0.138. The molecule has 0 atom stereocenters. The topological polar surface area (TPSA) is 92.7 Å². The van der Waals surface area contributed by atoms with Gasteiger partial charge in [0.2, 0.25) is 10.0 Å². The van der Waals surface area contributed by atoms with Crippen LogP contribution in [-0.2, 0) is 19.6 Å². The van der Waals surface area contributed by atoms with Gasteiger partial charge in [0, 0.05) is 24.1 Å². The standard InChI is InChI=1S/C24H31NO5S/c1-6-30-23(27)21(15-16-26)22(18-9-7-17(2)8-10-18)19-11-13-20(14-12-19)31(28,29)25-24(3,4)5/h7-14,25-26H,6,15-16H2,1-5H3. The van der Waals surface area contributed by atoms with Crippen LogP contribution in [-0.4, -0.2) is 38.2 Å². The van der Waals surface area contributed by atoms with Gasteiger partial charge in [0.05, 0.1) is 11.5 Å². The molecule has 0 fully saturated rings. The predicted octanol–water partition coefficient (Wildman–Crippen LogP) is 3.82. The SMILES string of the molecule is CCOC(=O)C(CCO)=C(c1ccc(C)cc1)c1ccc(S(=O)(=O)NC(C)(C)C)cc1. The fourth-order valence-electron chi connectivity index (χ4n) is 3.16. The summed E-state index contributed by atoms with van der Waals surface area (Å²) in [6, 6.07) is 14.0. The lowest BCUT2D eigenvalue weighted by atomic mass is 9.91. The Morgan fingerprint density at radius 3 is 1.97 bits per heavy atom. The molecule has 7 heteroatoms. The first kappa shape index (κ1) is 24.8. The van der Waals surface area contributed by atoms with Crippen LogP contribution in [0.1, 0.15) is 50.8 Å². The highest BCUT2D eigenvalue weighted by molar-refractivity contribution is 7.89. The van der Waals surface area contributed by atoms with E-state index in [4.69, 9.17) is 4.74 Å². The third-order valence-electron chi connectivity index (χ3n) is 4.42. The van der Waals surface area contributed by atoms with Crippen molar-refractivity contribution in [1.82, 2.24) is 4.72 Å². The number of carbonyl (C=O) groups is 1. The number of aryl methyl sites for hydroxylation is 1. The van der Waals surface area contributed by atoms with Crippen molar-refractivity contribution in [1.29, 1.82) is 0 Å². The second-order valence-corrected chi connectivity index (χ2v) is 9.98. The quantitative estimate of drug-likeness (QED) is 0.476. The number of nitrogens with one attached hydrogen (secondary N) is 1. The van der Waals surface area contributed by atoms with Crippen LogP contribution >= 0.6 is 0 Å². The number of carbonyl (C=O) groups excluding carboxylic acids is 1. The lowest BCUT2D eigenvalue weighted by Gasteiger charge is -2.20. The predicted molar refractivity (Wildman–Crippen MR) is 122 cm³/mol. The van der Waals surface area contributed by atoms with E-state index in [2.05, 4.69) is 4.72 Å². The number of ether oxygens (including phenoxy) is 1. The van der Waals surface area contributed by atoms with Crippen LogP contribution in [0.5, 0.6) is 0 Å². The van der Waals surface area contributed by atoms with Gasteiger partial charge in [-0.05, 0) is 63.5 Å². The number of sulfonamides is 1. The van der Waals surface area contributed by atoms with Gasteiger partial charge in [0.1, 0.15) is 0 Å². The number of benzene rings is 2. The van der Waals surface area contributed by atoms with E-state index in [-0.39, 0.29) is 24.5 Å². The molecule has 0 saturated heterocycles. The molecule has 0 aliphatic carbocycles. The molecule has 2 rings (SSSR count). The van der Waals surface area contributed by atoms with Gasteiger partial charge in [-0.1, -0.05) is 42.0 Å². The van der Waals surface area contributed by atoms with Crippen LogP contribution in [0.2, 0.25) is 0 Å². The molecular formula is C24H31NO5S. The first-order chi connectivity index (χ1) is 14.5. The Hall–Kier alpha value is -2.48. The molecule has 2 N–H and O–H groups in total. The Bertz CT molecular complexity index is 1030. The van der Waals surface area contributed by atoms with Crippen molar-refractivity contribution in [3.63, 3.8) is 0 Å². The minimum atomic E-state index is -3.68. The summed E-state index contributed by atoms with van der Waals surface area (Å²) in [5.41, 5.74) is 2.86. The van der Waals surface area contributed by atoms with E-state index in [1.807, 2.05) is 31.2 Å². The fraction of sp³-hybridized carbons (Fsp3) is 0.375. The number of esters is 1. The van der Waals surface area contributed by atoms with Gasteiger partial charge < -0.3 is 9.84 Å². The van der Waals surface area contributed by atoms with Crippen molar-refractivity contribution < 1.29 is 23.1 Å². The van der Waals surface area contributed by atoms with Crippen LogP contribution in [0.15, 0.2) is 59.0 Å². The molecule has 0 aliphatic heterocycles. The smallest absolute Gasteiger partial charge is 0.334 e. The van der Waals surface area contributed by atoms with E-state index in [0.717, 1.165) is 11.1 Å². The van der Waals surface area contributed by atoms with E-state index >= 15 is 0 Å². The molecule has 168 valence electrons. The number of aliphatic hydroxyl groups excluding tert-OH is 1. The summed E-state index contributed by atoms with van der Waals surface area (Å²) in [6.45, 7) is 9.01. The second kappa shape index (κ2) is 10.2. The summed E-state index contributed by atoms with van der Waals surface area (Å²) in [6.07, 6.45) is 0.119. The molecule has 2 aromatic rings. The molecule has 6 nitrogen and oxygen atoms in total. The van der Waals surface area contributed by atoms with Gasteiger partial charge in [-0.2, -0.15) is 0 Å². The monoisotopic (exact) mass is 445 g/mol. The average Bonchev–Trinajstić information content (AvgIpc) is 2.68. The Kier molecular flexibility index (Phi) is 8.17. The summed E-state index contributed by atoms with van der Waals surface area (Å²) in [7, 11) is -3.68. The third kappa shape index (κ3) is 6.75. The van der Waals surface area contributed by atoms with E-state index in [1.54, 1.807) is 39.8 Å². The average molecular weight is 446 g/mol. The third-order valence-corrected chi connectivity index (χ3v) is 6.19. The Balaban J connectivity index is 2.63. The molecule has 0 radical (unpaired) electrons. The molecule has 0 amide bonds. The second-order valence-electron chi connectivity index (χ2n) is 8.29. The maximum atomic E-state index is 12.7. The Labute approximate surface area is 185 Å². The van der Waals surface area contributed by atoms with E-state index in [0.29, 0.717) is 16.7 Å². The Morgan fingerprint density at radius 2 is 1.52 bits per heavy atom. The van der Waals surface area contributed by atoms with E-state index in [9.17, 15) is 18.3 Å². The van der Waals surface area contributed by atoms with Crippen molar-refractivity contribution in [2.24, 2.45) is 0 Å². The van der Waals surface area contributed by atoms with Gasteiger partial charge in [-0.25, -0.2) is 17.9 Å². The van der Waals surface area contributed by atoms with E-state index in [1.165, 1.54) is 12.1 Å². The van der Waals surface area contributed by atoms with Gasteiger partial charge in [-0.3, -0.25) is 0 Å². The van der Waals surface area contributed by atoms with Gasteiger partial charge in [0.25, 0.3) is 0 Å². The molecule has 0 heterocycles. The van der Waals surface area contributed by atoms with E-state index < -0.39 is 21.5 Å². The highest BCUT2D eigenvalue weighted by Crippen LogP contribution is 2.30. The minimum absolute atomic E-state index is 0.119. The minimum Gasteiger partial charge on any atom is -0.463 e. The maximum absolute atomic E-state index is 12.7. The van der Waals surface area contributed by atoms with Crippen LogP contribution in [0, 0.1) is 6.92 Å². The summed E-state index contributed by atoms with van der Waals surface area (Å²) >= 11 is 0. The molecule has 0 spiro atoms. The summed E-state index contributed by atoms with van der Waals surface area (Å²) in [5.74, 6) is -0.502.